The Bertz CT molecular complexity index is 940. The van der Waals surface area contributed by atoms with E-state index in [0.29, 0.717) is 18.7 Å². The summed E-state index contributed by atoms with van der Waals surface area (Å²) < 4.78 is 5.22. The molecule has 0 aliphatic rings. The van der Waals surface area contributed by atoms with Crippen LogP contribution in [0.4, 0.5) is 5.69 Å². The second kappa shape index (κ2) is 9.55. The first-order valence-corrected chi connectivity index (χ1v) is 9.29. The van der Waals surface area contributed by atoms with Gasteiger partial charge in [0.2, 0.25) is 0 Å². The number of pyridine rings is 1. The van der Waals surface area contributed by atoms with E-state index < -0.39 is 0 Å². The number of carbonyl (C=O) groups excluding carboxylic acids is 1. The molecule has 3 aromatic rings. The second-order valence-corrected chi connectivity index (χ2v) is 6.66. The number of aromatic nitrogens is 1. The van der Waals surface area contributed by atoms with E-state index >= 15 is 0 Å². The van der Waals surface area contributed by atoms with E-state index in [4.69, 9.17) is 4.74 Å². The van der Waals surface area contributed by atoms with Gasteiger partial charge in [0.1, 0.15) is 5.75 Å². The molecule has 0 unspecified atom stereocenters. The summed E-state index contributed by atoms with van der Waals surface area (Å²) >= 11 is 0. The van der Waals surface area contributed by atoms with Crippen molar-refractivity contribution in [2.75, 3.05) is 19.0 Å². The van der Waals surface area contributed by atoms with Gasteiger partial charge < -0.3 is 15.4 Å². The minimum Gasteiger partial charge on any atom is -0.497 e. The number of amides is 1. The number of nitrogens with one attached hydrogen (secondary N) is 2. The fourth-order valence-electron chi connectivity index (χ4n) is 2.94. The number of aryl methyl sites for hydroxylation is 1. The summed E-state index contributed by atoms with van der Waals surface area (Å²) in [6.07, 6.45) is 4.04. The van der Waals surface area contributed by atoms with Crippen LogP contribution in [0.25, 0.3) is 0 Å². The predicted octanol–water partition coefficient (Wildman–Crippen LogP) is 3.98. The van der Waals surface area contributed by atoms with Crippen molar-refractivity contribution in [2.45, 2.75) is 19.9 Å². The van der Waals surface area contributed by atoms with Crippen LogP contribution in [0.5, 0.6) is 5.75 Å². The molecule has 1 heterocycles. The van der Waals surface area contributed by atoms with Crippen LogP contribution < -0.4 is 15.4 Å². The van der Waals surface area contributed by atoms with Crippen molar-refractivity contribution in [2.24, 2.45) is 0 Å². The number of rotatable bonds is 8. The molecule has 0 aliphatic heterocycles. The van der Waals surface area contributed by atoms with Crippen LogP contribution in [0, 0.1) is 6.92 Å². The third kappa shape index (κ3) is 5.58. The molecular formula is C23H25N3O2. The summed E-state index contributed by atoms with van der Waals surface area (Å²) in [5.41, 5.74) is 4.89. The average Bonchev–Trinajstić information content (AvgIpc) is 2.72. The predicted molar refractivity (Wildman–Crippen MR) is 112 cm³/mol. The first-order chi connectivity index (χ1) is 13.6. The Balaban J connectivity index is 1.53. The fourth-order valence-corrected chi connectivity index (χ4v) is 2.94. The van der Waals surface area contributed by atoms with Crippen LogP contribution in [0.1, 0.15) is 27.0 Å². The van der Waals surface area contributed by atoms with Crippen molar-refractivity contribution >= 4 is 11.6 Å². The molecule has 0 atom stereocenters. The normalized spacial score (nSPS) is 10.4. The maximum atomic E-state index is 12.4. The second-order valence-electron chi connectivity index (χ2n) is 6.66. The van der Waals surface area contributed by atoms with Gasteiger partial charge in [-0.25, -0.2) is 0 Å². The molecule has 0 spiro atoms. The molecule has 2 aromatic carbocycles. The fraction of sp³-hybridized carbons (Fsp3) is 0.217. The lowest BCUT2D eigenvalue weighted by Crippen LogP contribution is -2.25. The minimum absolute atomic E-state index is 0.130. The monoisotopic (exact) mass is 375 g/mol. The Morgan fingerprint density at radius 2 is 1.86 bits per heavy atom. The molecule has 0 fully saturated rings. The number of nitrogens with zero attached hydrogens (tertiary/aromatic N) is 1. The Morgan fingerprint density at radius 3 is 2.68 bits per heavy atom. The van der Waals surface area contributed by atoms with E-state index in [2.05, 4.69) is 40.7 Å². The number of anilines is 1. The van der Waals surface area contributed by atoms with Crippen molar-refractivity contribution in [1.29, 1.82) is 0 Å². The lowest BCUT2D eigenvalue weighted by molar-refractivity contribution is 0.0954. The average molecular weight is 375 g/mol. The van der Waals surface area contributed by atoms with Crippen molar-refractivity contribution in [3.05, 3.63) is 89.2 Å². The summed E-state index contributed by atoms with van der Waals surface area (Å²) in [5, 5.41) is 6.27. The maximum absolute atomic E-state index is 12.4. The Morgan fingerprint density at radius 1 is 1.04 bits per heavy atom. The summed E-state index contributed by atoms with van der Waals surface area (Å²) in [6.45, 7) is 3.30. The minimum atomic E-state index is -0.130. The van der Waals surface area contributed by atoms with E-state index in [1.807, 2.05) is 36.4 Å². The third-order valence-corrected chi connectivity index (χ3v) is 4.41. The van der Waals surface area contributed by atoms with Gasteiger partial charge in [-0.1, -0.05) is 42.0 Å². The molecule has 1 amide bonds. The van der Waals surface area contributed by atoms with Gasteiger partial charge in [-0.2, -0.15) is 0 Å². The molecular weight excluding hydrogens is 350 g/mol. The molecule has 144 valence electrons. The van der Waals surface area contributed by atoms with E-state index in [-0.39, 0.29) is 5.91 Å². The van der Waals surface area contributed by atoms with Gasteiger partial charge in [-0.15, -0.1) is 0 Å². The van der Waals surface area contributed by atoms with Crippen molar-refractivity contribution in [3.63, 3.8) is 0 Å². The molecule has 0 saturated heterocycles. The molecule has 2 N–H and O–H groups in total. The maximum Gasteiger partial charge on any atom is 0.252 e. The van der Waals surface area contributed by atoms with E-state index in [9.17, 15) is 4.79 Å². The smallest absolute Gasteiger partial charge is 0.252 e. The highest BCUT2D eigenvalue weighted by Crippen LogP contribution is 2.13. The molecule has 0 radical (unpaired) electrons. The number of hydrogen-bond acceptors (Lipinski definition) is 4. The lowest BCUT2D eigenvalue weighted by Gasteiger charge is -2.09. The highest BCUT2D eigenvalue weighted by atomic mass is 16.5. The Hall–Kier alpha value is -3.34. The van der Waals surface area contributed by atoms with Crippen LogP contribution in [0.2, 0.25) is 0 Å². The quantitative estimate of drug-likeness (QED) is 0.625. The van der Waals surface area contributed by atoms with E-state index in [1.165, 1.54) is 11.1 Å². The molecule has 28 heavy (non-hydrogen) atoms. The van der Waals surface area contributed by atoms with Crippen LogP contribution in [-0.4, -0.2) is 24.5 Å². The van der Waals surface area contributed by atoms with Crippen LogP contribution >= 0.6 is 0 Å². The molecule has 5 nitrogen and oxygen atoms in total. The zero-order valence-corrected chi connectivity index (χ0v) is 16.2. The molecule has 0 saturated carbocycles. The van der Waals surface area contributed by atoms with Crippen LogP contribution in [0.3, 0.4) is 0 Å². The summed E-state index contributed by atoms with van der Waals surface area (Å²) in [6, 6.07) is 18.0. The number of benzene rings is 2. The summed E-state index contributed by atoms with van der Waals surface area (Å²) in [7, 11) is 1.65. The number of methoxy groups -OCH3 is 1. The topological polar surface area (TPSA) is 63.2 Å². The largest absolute Gasteiger partial charge is 0.497 e. The van der Waals surface area contributed by atoms with Gasteiger partial charge in [0.05, 0.1) is 18.4 Å². The molecule has 5 heteroatoms. The van der Waals surface area contributed by atoms with Gasteiger partial charge in [-0.3, -0.25) is 9.78 Å². The van der Waals surface area contributed by atoms with E-state index in [1.54, 1.807) is 19.5 Å². The zero-order valence-electron chi connectivity index (χ0n) is 16.2. The first-order valence-electron chi connectivity index (χ1n) is 9.29. The first kappa shape index (κ1) is 19.4. The zero-order chi connectivity index (χ0) is 19.8. The molecule has 0 bridgehead atoms. The van der Waals surface area contributed by atoms with Crippen molar-refractivity contribution in [3.8, 4) is 5.75 Å². The highest BCUT2D eigenvalue weighted by Gasteiger charge is 2.07. The van der Waals surface area contributed by atoms with Crippen LogP contribution in [-0.2, 0) is 13.0 Å². The van der Waals surface area contributed by atoms with Gasteiger partial charge in [0.25, 0.3) is 5.91 Å². The van der Waals surface area contributed by atoms with Gasteiger partial charge >= 0.3 is 0 Å². The number of carbonyl (C=O) groups is 1. The Kier molecular flexibility index (Phi) is 6.63. The van der Waals surface area contributed by atoms with Gasteiger partial charge in [0.15, 0.2) is 0 Å². The molecule has 3 rings (SSSR count). The van der Waals surface area contributed by atoms with Gasteiger partial charge in [0, 0.05) is 25.5 Å². The number of ether oxygens (including phenoxy) is 1. The highest BCUT2D eigenvalue weighted by molar-refractivity contribution is 5.94. The summed E-state index contributed by atoms with van der Waals surface area (Å²) in [5.74, 6) is 0.690. The van der Waals surface area contributed by atoms with Crippen molar-refractivity contribution in [1.82, 2.24) is 10.3 Å². The SMILES string of the molecule is COc1cccc(CCNC(=O)c2cncc(NCc3cccc(C)c3)c2)c1. The lowest BCUT2D eigenvalue weighted by atomic mass is 10.1. The molecule has 1 aromatic heterocycles. The molecule has 0 aliphatic carbocycles. The Labute approximate surface area is 165 Å². The van der Waals surface area contributed by atoms with Crippen molar-refractivity contribution < 1.29 is 9.53 Å². The third-order valence-electron chi connectivity index (χ3n) is 4.41. The van der Waals surface area contributed by atoms with Gasteiger partial charge in [-0.05, 0) is 42.7 Å². The number of hydrogen-bond donors (Lipinski definition) is 2. The summed E-state index contributed by atoms with van der Waals surface area (Å²) in [4.78, 5) is 16.6. The van der Waals surface area contributed by atoms with Crippen LogP contribution in [0.15, 0.2) is 67.0 Å². The van der Waals surface area contributed by atoms with E-state index in [0.717, 1.165) is 23.4 Å². The standard InChI is InChI=1S/C23H25N3O2/c1-17-5-3-7-19(11-17)14-26-21-13-20(15-24-16-21)23(27)25-10-9-18-6-4-8-22(12-18)28-2/h3-8,11-13,15-16,26H,9-10,14H2,1-2H3,(H,25,27).